The maximum Gasteiger partial charge on any atom is 0.309 e. The van der Waals surface area contributed by atoms with Crippen LogP contribution in [-0.2, 0) is 14.3 Å². The van der Waals surface area contributed by atoms with Crippen LogP contribution in [0.4, 0.5) is 0 Å². The summed E-state index contributed by atoms with van der Waals surface area (Å²) in [6, 6.07) is 0. The molecule has 0 radical (unpaired) electrons. The van der Waals surface area contributed by atoms with E-state index in [0.29, 0.717) is 6.42 Å². The fourth-order valence-corrected chi connectivity index (χ4v) is 2.57. The minimum Gasteiger partial charge on any atom is -0.469 e. The molecule has 0 amide bonds. The van der Waals surface area contributed by atoms with Gasteiger partial charge in [0.2, 0.25) is 0 Å². The zero-order chi connectivity index (χ0) is 8.72. The van der Waals surface area contributed by atoms with Crippen LogP contribution in [0.15, 0.2) is 0 Å². The fourth-order valence-electron chi connectivity index (χ4n) is 2.57. The van der Waals surface area contributed by atoms with Gasteiger partial charge in [0, 0.05) is 12.3 Å². The highest BCUT2D eigenvalue weighted by atomic mass is 16.5. The summed E-state index contributed by atoms with van der Waals surface area (Å²) < 4.78 is 4.67. The van der Waals surface area contributed by atoms with Gasteiger partial charge in [0.15, 0.2) is 0 Å². The first kappa shape index (κ1) is 7.77. The van der Waals surface area contributed by atoms with Gasteiger partial charge >= 0.3 is 5.97 Å². The van der Waals surface area contributed by atoms with Crippen molar-refractivity contribution in [1.82, 2.24) is 0 Å². The Bertz CT molecular complexity index is 234. The molecule has 0 unspecified atom stereocenters. The van der Waals surface area contributed by atoms with Crippen LogP contribution in [0.5, 0.6) is 0 Å². The van der Waals surface area contributed by atoms with E-state index in [9.17, 15) is 9.59 Å². The van der Waals surface area contributed by atoms with Gasteiger partial charge < -0.3 is 4.74 Å². The summed E-state index contributed by atoms with van der Waals surface area (Å²) in [5, 5.41) is 0. The van der Waals surface area contributed by atoms with Gasteiger partial charge in [0.05, 0.1) is 13.0 Å². The molecule has 0 heterocycles. The van der Waals surface area contributed by atoms with Crippen molar-refractivity contribution in [2.45, 2.75) is 19.3 Å². The zero-order valence-electron chi connectivity index (χ0n) is 7.08. The molecule has 0 saturated heterocycles. The first-order valence-corrected chi connectivity index (χ1v) is 4.34. The molecule has 2 saturated carbocycles. The molecule has 12 heavy (non-hydrogen) atoms. The SMILES string of the molecule is COC(=O)[C@H]1[C@@H]2CC[C@@H]1C(=O)C2. The molecular weight excluding hydrogens is 156 g/mol. The molecule has 2 bridgehead atoms. The zero-order valence-corrected chi connectivity index (χ0v) is 7.08. The molecule has 2 fully saturated rings. The number of hydrogen-bond donors (Lipinski definition) is 0. The molecule has 0 aliphatic heterocycles. The second-order valence-corrected chi connectivity index (χ2v) is 3.66. The van der Waals surface area contributed by atoms with Crippen LogP contribution >= 0.6 is 0 Å². The molecule has 2 aliphatic rings. The summed E-state index contributed by atoms with van der Waals surface area (Å²) in [7, 11) is 1.39. The van der Waals surface area contributed by atoms with Gasteiger partial charge in [-0.25, -0.2) is 0 Å². The average Bonchev–Trinajstić information content (AvgIpc) is 2.59. The van der Waals surface area contributed by atoms with E-state index in [0.717, 1.165) is 12.8 Å². The van der Waals surface area contributed by atoms with Crippen LogP contribution in [0, 0.1) is 17.8 Å². The number of esters is 1. The Balaban J connectivity index is 2.18. The monoisotopic (exact) mass is 168 g/mol. The first-order chi connectivity index (χ1) is 5.74. The van der Waals surface area contributed by atoms with E-state index in [4.69, 9.17) is 0 Å². The van der Waals surface area contributed by atoms with Crippen molar-refractivity contribution in [3.8, 4) is 0 Å². The van der Waals surface area contributed by atoms with Gasteiger partial charge in [-0.15, -0.1) is 0 Å². The molecule has 0 spiro atoms. The third-order valence-corrected chi connectivity index (χ3v) is 3.14. The Labute approximate surface area is 71.1 Å². The molecule has 3 atom stereocenters. The normalized spacial score (nSPS) is 38.8. The molecule has 0 aromatic carbocycles. The van der Waals surface area contributed by atoms with E-state index in [1.54, 1.807) is 0 Å². The average molecular weight is 168 g/mol. The molecule has 3 heteroatoms. The summed E-state index contributed by atoms with van der Waals surface area (Å²) in [6.45, 7) is 0. The van der Waals surface area contributed by atoms with E-state index < -0.39 is 0 Å². The quantitative estimate of drug-likeness (QED) is 0.543. The van der Waals surface area contributed by atoms with Gasteiger partial charge in [-0.2, -0.15) is 0 Å². The highest BCUT2D eigenvalue weighted by molar-refractivity contribution is 5.91. The second kappa shape index (κ2) is 2.57. The number of Topliss-reactive ketones (excluding diaryl/α,β-unsaturated/α-hetero) is 1. The summed E-state index contributed by atoms with van der Waals surface area (Å²) in [4.78, 5) is 22.5. The van der Waals surface area contributed by atoms with Crippen LogP contribution < -0.4 is 0 Å². The van der Waals surface area contributed by atoms with Crippen molar-refractivity contribution >= 4 is 11.8 Å². The predicted octanol–water partition coefficient (Wildman–Crippen LogP) is 0.775. The number of carbonyl (C=O) groups excluding carboxylic acids is 2. The van der Waals surface area contributed by atoms with Crippen LogP contribution in [-0.4, -0.2) is 18.9 Å². The Kier molecular flexibility index (Phi) is 1.67. The van der Waals surface area contributed by atoms with Crippen LogP contribution in [0.25, 0.3) is 0 Å². The maximum absolute atomic E-state index is 11.3. The lowest BCUT2D eigenvalue weighted by molar-refractivity contribution is -0.147. The van der Waals surface area contributed by atoms with Crippen molar-refractivity contribution < 1.29 is 14.3 Å². The molecule has 3 nitrogen and oxygen atoms in total. The van der Waals surface area contributed by atoms with Crippen molar-refractivity contribution in [2.75, 3.05) is 7.11 Å². The summed E-state index contributed by atoms with van der Waals surface area (Å²) in [5.74, 6) is 0.245. The van der Waals surface area contributed by atoms with E-state index in [-0.39, 0.29) is 29.5 Å². The van der Waals surface area contributed by atoms with Crippen LogP contribution in [0.2, 0.25) is 0 Å². The van der Waals surface area contributed by atoms with Gasteiger partial charge in [0.1, 0.15) is 5.78 Å². The van der Waals surface area contributed by atoms with E-state index in [2.05, 4.69) is 4.74 Å². The minimum atomic E-state index is -0.187. The van der Waals surface area contributed by atoms with Gasteiger partial charge in [-0.05, 0) is 18.8 Å². The number of methoxy groups -OCH3 is 1. The van der Waals surface area contributed by atoms with Crippen molar-refractivity contribution in [3.05, 3.63) is 0 Å². The van der Waals surface area contributed by atoms with Crippen molar-refractivity contribution in [1.29, 1.82) is 0 Å². The molecular formula is C9H12O3. The molecule has 0 aromatic heterocycles. The topological polar surface area (TPSA) is 43.4 Å². The summed E-state index contributed by atoms with van der Waals surface area (Å²) >= 11 is 0. The Morgan fingerprint density at radius 1 is 1.50 bits per heavy atom. The van der Waals surface area contributed by atoms with Gasteiger partial charge in [-0.3, -0.25) is 9.59 Å². The third kappa shape index (κ3) is 0.886. The summed E-state index contributed by atoms with van der Waals surface area (Å²) in [6.07, 6.45) is 2.52. The van der Waals surface area contributed by atoms with E-state index >= 15 is 0 Å². The summed E-state index contributed by atoms with van der Waals surface area (Å²) in [5.41, 5.74) is 0. The fraction of sp³-hybridized carbons (Fsp3) is 0.778. The Hall–Kier alpha value is -0.860. The Morgan fingerprint density at radius 2 is 2.25 bits per heavy atom. The number of rotatable bonds is 1. The van der Waals surface area contributed by atoms with Crippen molar-refractivity contribution in [3.63, 3.8) is 0 Å². The molecule has 0 N–H and O–H groups in total. The molecule has 2 aliphatic carbocycles. The predicted molar refractivity (Wildman–Crippen MR) is 41.3 cm³/mol. The highest BCUT2D eigenvalue weighted by Gasteiger charge is 2.51. The molecule has 0 aromatic rings. The second-order valence-electron chi connectivity index (χ2n) is 3.66. The van der Waals surface area contributed by atoms with Crippen LogP contribution in [0.3, 0.4) is 0 Å². The molecule has 66 valence electrons. The largest absolute Gasteiger partial charge is 0.469 e. The highest BCUT2D eigenvalue weighted by Crippen LogP contribution is 2.47. The van der Waals surface area contributed by atoms with E-state index in [1.165, 1.54) is 7.11 Å². The van der Waals surface area contributed by atoms with E-state index in [1.807, 2.05) is 0 Å². The smallest absolute Gasteiger partial charge is 0.309 e. The third-order valence-electron chi connectivity index (χ3n) is 3.14. The van der Waals surface area contributed by atoms with Gasteiger partial charge in [0.25, 0.3) is 0 Å². The molecule has 2 rings (SSSR count). The first-order valence-electron chi connectivity index (χ1n) is 4.34. The lowest BCUT2D eigenvalue weighted by Gasteiger charge is -2.10. The number of hydrogen-bond acceptors (Lipinski definition) is 3. The van der Waals surface area contributed by atoms with Gasteiger partial charge in [-0.1, -0.05) is 0 Å². The van der Waals surface area contributed by atoms with Crippen molar-refractivity contribution in [2.24, 2.45) is 17.8 Å². The lowest BCUT2D eigenvalue weighted by atomic mass is 9.98. The number of ether oxygens (including phenoxy) is 1. The van der Waals surface area contributed by atoms with Crippen LogP contribution in [0.1, 0.15) is 19.3 Å². The number of carbonyl (C=O) groups is 2. The standard InChI is InChI=1S/C9H12O3/c1-12-9(11)8-5-2-3-6(8)7(10)4-5/h5-6,8H,2-4H2,1H3/t5-,6-,8+/m1/s1. The maximum atomic E-state index is 11.3. The lowest BCUT2D eigenvalue weighted by Crippen LogP contribution is -2.21. The minimum absolute atomic E-state index is 0.0116. The Morgan fingerprint density at radius 3 is 2.67 bits per heavy atom. The number of fused-ring (bicyclic) bond motifs is 2. The number of ketones is 1.